The van der Waals surface area contributed by atoms with Crippen molar-refractivity contribution in [1.82, 2.24) is 5.32 Å². The molecule has 0 unspecified atom stereocenters. The van der Waals surface area contributed by atoms with Gasteiger partial charge in [0.1, 0.15) is 17.5 Å². The second-order valence-corrected chi connectivity index (χ2v) is 5.92. The van der Waals surface area contributed by atoms with Crippen LogP contribution in [0.25, 0.3) is 0 Å². The van der Waals surface area contributed by atoms with Gasteiger partial charge in [-0.15, -0.1) is 0 Å². The van der Waals surface area contributed by atoms with E-state index in [9.17, 15) is 14.4 Å². The van der Waals surface area contributed by atoms with Crippen LogP contribution in [0.3, 0.4) is 0 Å². The Labute approximate surface area is 150 Å². The van der Waals surface area contributed by atoms with Gasteiger partial charge < -0.3 is 10.1 Å². The lowest BCUT2D eigenvalue weighted by molar-refractivity contribution is -0.119. The maximum absolute atomic E-state index is 12.8. The molecule has 26 heavy (non-hydrogen) atoms. The fourth-order valence-electron chi connectivity index (χ4n) is 2.85. The number of ketones is 2. The highest BCUT2D eigenvalue weighted by atomic mass is 16.5. The normalized spacial score (nSPS) is 17.8. The second kappa shape index (κ2) is 7.31. The molecule has 0 radical (unpaired) electrons. The van der Waals surface area contributed by atoms with Crippen LogP contribution in [-0.4, -0.2) is 36.3 Å². The number of nitrogens with zero attached hydrogens (tertiary/aromatic N) is 1. The van der Waals surface area contributed by atoms with Gasteiger partial charge in [0.2, 0.25) is 11.7 Å². The summed E-state index contributed by atoms with van der Waals surface area (Å²) < 4.78 is 5.11. The minimum absolute atomic E-state index is 0.0553. The van der Waals surface area contributed by atoms with Gasteiger partial charge in [-0.1, -0.05) is 36.4 Å². The van der Waals surface area contributed by atoms with E-state index in [1.165, 1.54) is 6.92 Å². The minimum atomic E-state index is -1.06. The van der Waals surface area contributed by atoms with Crippen LogP contribution >= 0.6 is 0 Å². The van der Waals surface area contributed by atoms with Crippen LogP contribution in [0.4, 0.5) is 0 Å². The number of fused-ring (bicyclic) bond motifs is 1. The number of benzene rings is 2. The van der Waals surface area contributed by atoms with Crippen LogP contribution in [0.5, 0.6) is 5.75 Å². The zero-order valence-electron chi connectivity index (χ0n) is 14.5. The molecule has 0 saturated carbocycles. The summed E-state index contributed by atoms with van der Waals surface area (Å²) in [5.74, 6) is -0.348. The molecule has 0 spiro atoms. The monoisotopic (exact) mass is 350 g/mol. The molecule has 0 fully saturated rings. The predicted molar refractivity (Wildman–Crippen MR) is 96.8 cm³/mol. The Hall–Kier alpha value is -3.28. The highest BCUT2D eigenvalue weighted by Gasteiger charge is 2.38. The van der Waals surface area contributed by atoms with Crippen molar-refractivity contribution in [3.63, 3.8) is 0 Å². The van der Waals surface area contributed by atoms with Crippen molar-refractivity contribution in [3.05, 3.63) is 65.2 Å². The summed E-state index contributed by atoms with van der Waals surface area (Å²) in [6.45, 7) is 1.52. The van der Waals surface area contributed by atoms with Crippen LogP contribution in [0.1, 0.15) is 33.2 Å². The van der Waals surface area contributed by atoms with Crippen LogP contribution < -0.4 is 10.1 Å². The van der Waals surface area contributed by atoms with Gasteiger partial charge in [-0.2, -0.15) is 0 Å². The Morgan fingerprint density at radius 1 is 1.08 bits per heavy atom. The number of Topliss-reactive ketones (excluding diaryl/α,β-unsaturated/α-hetero) is 2. The van der Waals surface area contributed by atoms with Crippen molar-refractivity contribution < 1.29 is 19.1 Å². The van der Waals surface area contributed by atoms with Gasteiger partial charge in [-0.3, -0.25) is 19.4 Å². The van der Waals surface area contributed by atoms with Crippen LogP contribution in [0.15, 0.2) is 53.5 Å². The van der Waals surface area contributed by atoms with E-state index >= 15 is 0 Å². The van der Waals surface area contributed by atoms with Gasteiger partial charge in [-0.05, 0) is 17.7 Å². The van der Waals surface area contributed by atoms with Crippen molar-refractivity contribution in [1.29, 1.82) is 0 Å². The van der Waals surface area contributed by atoms with E-state index < -0.39 is 11.9 Å². The summed E-state index contributed by atoms with van der Waals surface area (Å²) in [6, 6.07) is 12.8. The van der Waals surface area contributed by atoms with Crippen molar-refractivity contribution in [2.45, 2.75) is 19.5 Å². The molecule has 0 aromatic heterocycles. The number of aliphatic imine (C=N–C) groups is 1. The molecule has 0 aliphatic heterocycles. The van der Waals surface area contributed by atoms with Crippen molar-refractivity contribution in [2.24, 2.45) is 4.99 Å². The molecule has 6 nitrogen and oxygen atoms in total. The molecule has 132 valence electrons. The fourth-order valence-corrected chi connectivity index (χ4v) is 2.85. The number of carbonyl (C=O) groups excluding carboxylic acids is 3. The quantitative estimate of drug-likeness (QED) is 0.916. The van der Waals surface area contributed by atoms with E-state index in [0.717, 1.165) is 11.3 Å². The number of methoxy groups -OCH3 is 1. The summed E-state index contributed by atoms with van der Waals surface area (Å²) in [5, 5.41) is 2.55. The number of carbonyl (C=O) groups is 3. The molecule has 0 heterocycles. The second-order valence-electron chi connectivity index (χ2n) is 5.92. The molecule has 1 aliphatic rings. The standard InChI is InChI=1S/C20H18N2O4/c1-12(23)22-18-17(21-11-13-7-9-14(26-2)10-8-13)19(24)15-5-3-4-6-16(15)20(18)25/h3-10,18H,11H2,1-2H3,(H,22,23)/t18-/m0/s1. The SMILES string of the molecule is COc1ccc(CN=C2C(=O)c3ccccc3C(=O)[C@H]2NC(C)=O)cc1. The molecule has 1 N–H and O–H groups in total. The van der Waals surface area contributed by atoms with E-state index in [2.05, 4.69) is 10.3 Å². The van der Waals surface area contributed by atoms with Gasteiger partial charge in [-0.25, -0.2) is 0 Å². The van der Waals surface area contributed by atoms with Gasteiger partial charge in [0, 0.05) is 18.1 Å². The van der Waals surface area contributed by atoms with Crippen molar-refractivity contribution >= 4 is 23.2 Å². The molecule has 2 aromatic rings. The summed E-state index contributed by atoms with van der Waals surface area (Å²) in [6.07, 6.45) is 0. The molecule has 1 atom stereocenters. The first kappa shape index (κ1) is 17.5. The first-order valence-corrected chi connectivity index (χ1v) is 8.13. The predicted octanol–water partition coefficient (Wildman–Crippen LogP) is 2.22. The number of hydrogen-bond donors (Lipinski definition) is 1. The number of amides is 1. The highest BCUT2D eigenvalue weighted by molar-refractivity contribution is 6.55. The smallest absolute Gasteiger partial charge is 0.217 e. The van der Waals surface area contributed by atoms with Crippen LogP contribution in [0.2, 0.25) is 0 Å². The fraction of sp³-hybridized carbons (Fsp3) is 0.200. The maximum atomic E-state index is 12.8. The molecule has 3 rings (SSSR count). The largest absolute Gasteiger partial charge is 0.497 e. The molecular formula is C20H18N2O4. The first-order chi connectivity index (χ1) is 12.5. The van der Waals surface area contributed by atoms with Gasteiger partial charge >= 0.3 is 0 Å². The van der Waals surface area contributed by atoms with E-state index in [-0.39, 0.29) is 23.8 Å². The molecule has 1 aliphatic carbocycles. The van der Waals surface area contributed by atoms with Gasteiger partial charge in [0.05, 0.1) is 13.7 Å². The van der Waals surface area contributed by atoms with Gasteiger partial charge in [0.25, 0.3) is 0 Å². The molecule has 0 saturated heterocycles. The van der Waals surface area contributed by atoms with E-state index in [4.69, 9.17) is 4.74 Å². The average molecular weight is 350 g/mol. The maximum Gasteiger partial charge on any atom is 0.217 e. The summed E-state index contributed by atoms with van der Waals surface area (Å²) in [5.41, 5.74) is 1.53. The molecule has 6 heteroatoms. The number of hydrogen-bond acceptors (Lipinski definition) is 5. The topological polar surface area (TPSA) is 84.8 Å². The molecule has 1 amide bonds. The third-order valence-electron chi connectivity index (χ3n) is 4.14. The Morgan fingerprint density at radius 3 is 2.35 bits per heavy atom. The highest BCUT2D eigenvalue weighted by Crippen LogP contribution is 2.21. The Bertz CT molecular complexity index is 900. The lowest BCUT2D eigenvalue weighted by Crippen LogP contribution is -2.52. The van der Waals surface area contributed by atoms with Gasteiger partial charge in [0.15, 0.2) is 5.78 Å². The van der Waals surface area contributed by atoms with Crippen molar-refractivity contribution in [3.8, 4) is 5.75 Å². The summed E-state index contributed by atoms with van der Waals surface area (Å²) in [7, 11) is 1.58. The van der Waals surface area contributed by atoms with Crippen LogP contribution in [-0.2, 0) is 11.3 Å². The summed E-state index contributed by atoms with van der Waals surface area (Å²) >= 11 is 0. The zero-order valence-corrected chi connectivity index (χ0v) is 14.5. The van der Waals surface area contributed by atoms with Crippen LogP contribution in [0, 0.1) is 0 Å². The lowest BCUT2D eigenvalue weighted by Gasteiger charge is -2.24. The minimum Gasteiger partial charge on any atom is -0.497 e. The van der Waals surface area contributed by atoms with E-state index in [1.807, 2.05) is 12.1 Å². The third kappa shape index (κ3) is 3.39. The number of ether oxygens (including phenoxy) is 1. The first-order valence-electron chi connectivity index (χ1n) is 8.13. The number of nitrogens with one attached hydrogen (secondary N) is 1. The Balaban J connectivity index is 1.96. The molecule has 2 aromatic carbocycles. The van der Waals surface area contributed by atoms with Crippen molar-refractivity contribution in [2.75, 3.05) is 7.11 Å². The zero-order chi connectivity index (χ0) is 18.7. The van der Waals surface area contributed by atoms with E-state index in [0.29, 0.717) is 11.1 Å². The summed E-state index contributed by atoms with van der Waals surface area (Å²) in [4.78, 5) is 41.4. The molecular weight excluding hydrogens is 332 g/mol. The number of rotatable bonds is 4. The van der Waals surface area contributed by atoms with E-state index in [1.54, 1.807) is 43.5 Å². The average Bonchev–Trinajstić information content (AvgIpc) is 2.65. The Morgan fingerprint density at radius 2 is 1.73 bits per heavy atom. The third-order valence-corrected chi connectivity index (χ3v) is 4.14. The Kier molecular flexibility index (Phi) is 4.93. The lowest BCUT2D eigenvalue weighted by atomic mass is 9.84. The molecule has 0 bridgehead atoms.